The van der Waals surface area contributed by atoms with E-state index in [0.717, 1.165) is 55.8 Å². The number of imidazole rings is 1. The minimum atomic E-state index is -0.275. The van der Waals surface area contributed by atoms with E-state index in [1.807, 2.05) is 24.4 Å². The van der Waals surface area contributed by atoms with Crippen molar-refractivity contribution in [3.05, 3.63) is 168 Å². The first kappa shape index (κ1) is 42.5. The Balaban J connectivity index is 0.00000544. The van der Waals surface area contributed by atoms with Crippen molar-refractivity contribution in [3.8, 4) is 67.5 Å². The van der Waals surface area contributed by atoms with E-state index in [1.54, 1.807) is 0 Å². The van der Waals surface area contributed by atoms with Crippen molar-refractivity contribution in [1.82, 2.24) is 14.5 Å². The van der Waals surface area contributed by atoms with Gasteiger partial charge in [-0.1, -0.05) is 170 Å². The molecule has 8 aromatic rings. The summed E-state index contributed by atoms with van der Waals surface area (Å²) in [6.07, 6.45) is 1.89. The maximum Gasteiger partial charge on any atom is 0.148 e. The molecular weight excluding hydrogens is 914 g/mol. The summed E-state index contributed by atoms with van der Waals surface area (Å²) in [6.45, 7) is 22.0. The number of aromatic nitrogens is 3. The molecule has 0 atom stereocenters. The largest absolute Gasteiger partial charge is 0.507 e. The molecule has 5 heteroatoms. The van der Waals surface area contributed by atoms with Gasteiger partial charge in [-0.2, -0.15) is 0 Å². The normalized spacial score (nSPS) is 12.1. The Morgan fingerprint density at radius 1 is 0.550 bits per heavy atom. The number of pyridine rings is 1. The molecule has 0 aliphatic carbocycles. The number of aromatic hydroxyl groups is 1. The first-order chi connectivity index (χ1) is 28.0. The monoisotopic (exact) mass is 967 g/mol. The molecule has 0 unspecified atom stereocenters. The molecule has 2 heterocycles. The van der Waals surface area contributed by atoms with E-state index in [9.17, 15) is 5.11 Å². The van der Waals surface area contributed by atoms with Gasteiger partial charge in [0.2, 0.25) is 0 Å². The molecule has 0 aliphatic heterocycles. The van der Waals surface area contributed by atoms with Gasteiger partial charge < -0.3 is 5.11 Å². The number of hydrogen-bond acceptors (Lipinski definition) is 3. The molecular formula is C55H54N3OPt-. The van der Waals surface area contributed by atoms with Gasteiger partial charge in [-0.05, 0) is 86.9 Å². The van der Waals surface area contributed by atoms with Gasteiger partial charge in [0.05, 0.1) is 16.6 Å². The molecule has 0 spiro atoms. The summed E-state index contributed by atoms with van der Waals surface area (Å²) in [6, 6.07) is 50.9. The third-order valence-corrected chi connectivity index (χ3v) is 11.4. The Bertz CT molecular complexity index is 2830. The van der Waals surface area contributed by atoms with Crippen molar-refractivity contribution >= 4 is 11.0 Å². The summed E-state index contributed by atoms with van der Waals surface area (Å²) in [7, 11) is 0. The topological polar surface area (TPSA) is 50.9 Å². The second-order valence-electron chi connectivity index (χ2n) is 19.0. The third kappa shape index (κ3) is 8.28. The Morgan fingerprint density at radius 3 is 1.90 bits per heavy atom. The van der Waals surface area contributed by atoms with E-state index in [2.05, 4.69) is 195 Å². The fourth-order valence-electron chi connectivity index (χ4n) is 8.04. The van der Waals surface area contributed by atoms with E-state index < -0.39 is 0 Å². The second-order valence-corrected chi connectivity index (χ2v) is 19.0. The summed E-state index contributed by atoms with van der Waals surface area (Å²) in [5.41, 5.74) is 15.8. The predicted octanol–water partition coefficient (Wildman–Crippen LogP) is 14.5. The van der Waals surface area contributed by atoms with Gasteiger partial charge in [-0.25, -0.2) is 4.98 Å². The Hall–Kier alpha value is -5.57. The molecule has 0 aliphatic rings. The van der Waals surface area contributed by atoms with Gasteiger partial charge in [0.25, 0.3) is 0 Å². The van der Waals surface area contributed by atoms with Crippen LogP contribution in [0.25, 0.3) is 72.7 Å². The Kier molecular flexibility index (Phi) is 11.4. The van der Waals surface area contributed by atoms with Gasteiger partial charge in [0.15, 0.2) is 0 Å². The molecule has 0 saturated carbocycles. The van der Waals surface area contributed by atoms with Gasteiger partial charge in [-0.15, -0.1) is 29.3 Å². The zero-order chi connectivity index (χ0) is 41.9. The van der Waals surface area contributed by atoms with Crippen molar-refractivity contribution in [3.63, 3.8) is 0 Å². The summed E-state index contributed by atoms with van der Waals surface area (Å²) in [5.74, 6) is 0.932. The molecule has 306 valence electrons. The van der Waals surface area contributed by atoms with Crippen LogP contribution in [0.15, 0.2) is 140 Å². The van der Waals surface area contributed by atoms with Crippen LogP contribution in [0, 0.1) is 13.0 Å². The first-order valence-electron chi connectivity index (χ1n) is 20.6. The molecule has 2 aromatic heterocycles. The molecule has 0 amide bonds. The maximum absolute atomic E-state index is 12.1. The number of benzene rings is 6. The molecule has 1 N–H and O–H groups in total. The van der Waals surface area contributed by atoms with E-state index in [-0.39, 0.29) is 43.1 Å². The minimum absolute atomic E-state index is 0. The van der Waals surface area contributed by atoms with Crippen molar-refractivity contribution in [2.24, 2.45) is 0 Å². The fraction of sp³-hybridized carbons (Fsp3) is 0.236. The van der Waals surface area contributed by atoms with Gasteiger partial charge in [0.1, 0.15) is 11.6 Å². The number of hydrogen-bond donors (Lipinski definition) is 1. The van der Waals surface area contributed by atoms with E-state index in [0.29, 0.717) is 11.4 Å². The summed E-state index contributed by atoms with van der Waals surface area (Å²) in [4.78, 5) is 10.4. The van der Waals surface area contributed by atoms with Crippen LogP contribution in [0.3, 0.4) is 0 Å². The summed E-state index contributed by atoms with van der Waals surface area (Å²) >= 11 is 0. The first-order valence-corrected chi connectivity index (χ1v) is 20.6. The molecule has 8 rings (SSSR count). The van der Waals surface area contributed by atoms with Gasteiger partial charge >= 0.3 is 0 Å². The van der Waals surface area contributed by atoms with Crippen LogP contribution < -0.4 is 0 Å². The molecule has 0 radical (unpaired) electrons. The van der Waals surface area contributed by atoms with Gasteiger partial charge in [0, 0.05) is 38.6 Å². The van der Waals surface area contributed by atoms with E-state index in [4.69, 9.17) is 9.97 Å². The fourth-order valence-corrected chi connectivity index (χ4v) is 8.04. The molecule has 60 heavy (non-hydrogen) atoms. The smallest absolute Gasteiger partial charge is 0.148 e. The van der Waals surface area contributed by atoms with Crippen molar-refractivity contribution in [2.45, 2.75) is 85.5 Å². The Labute approximate surface area is 370 Å². The van der Waals surface area contributed by atoms with Crippen LogP contribution in [-0.2, 0) is 37.3 Å². The third-order valence-electron chi connectivity index (χ3n) is 11.4. The number of fused-ring (bicyclic) bond motifs is 1. The number of para-hydroxylation sites is 2. The van der Waals surface area contributed by atoms with E-state index >= 15 is 0 Å². The zero-order valence-electron chi connectivity index (χ0n) is 36.4. The van der Waals surface area contributed by atoms with Crippen LogP contribution in [0.4, 0.5) is 0 Å². The number of aryl methyl sites for hydroxylation is 1. The minimum Gasteiger partial charge on any atom is -0.507 e. The van der Waals surface area contributed by atoms with Crippen LogP contribution in [0.2, 0.25) is 0 Å². The SMILES string of the molecule is Cc1ccc(-c2ccnc(-c3[c-]c(-c4cccc5c4nc(-c4cccc(C(C)(C)C)c4O)n5-c4ccc(-c5ccccc5)c(C(C)(C)C)c4)cc(C(C)(C)C)c3)c2)cc1.[Pt]. The van der Waals surface area contributed by atoms with Crippen LogP contribution in [0.5, 0.6) is 5.75 Å². The quantitative estimate of drug-likeness (QED) is 0.169. The number of phenolic OH excluding ortho intramolecular Hbond substituents is 1. The zero-order valence-corrected chi connectivity index (χ0v) is 38.7. The number of nitrogens with zero attached hydrogens (tertiary/aromatic N) is 3. The van der Waals surface area contributed by atoms with Crippen LogP contribution in [0.1, 0.15) is 84.6 Å². The molecule has 4 nitrogen and oxygen atoms in total. The van der Waals surface area contributed by atoms with E-state index in [1.165, 1.54) is 27.8 Å². The van der Waals surface area contributed by atoms with Crippen LogP contribution >= 0.6 is 0 Å². The molecule has 0 bridgehead atoms. The molecule has 0 fully saturated rings. The average molecular weight is 968 g/mol. The molecule has 6 aromatic carbocycles. The molecule has 0 saturated heterocycles. The van der Waals surface area contributed by atoms with Crippen molar-refractivity contribution < 1.29 is 26.2 Å². The van der Waals surface area contributed by atoms with Gasteiger partial charge in [-0.3, -0.25) is 9.55 Å². The summed E-state index contributed by atoms with van der Waals surface area (Å²) in [5, 5.41) is 12.1. The summed E-state index contributed by atoms with van der Waals surface area (Å²) < 4.78 is 2.23. The standard InChI is InChI=1S/C55H54N3O.Pt/c1-35-22-24-36(25-23-35)38-28-29-56-48(33-38)40-30-39(31-41(32-40)53(2,3)4)44-18-15-21-49-50(44)57-52(45-19-14-20-46(51(45)59)54(5,6)7)58(49)42-26-27-43(37-16-12-11-13-17-37)47(34-42)55(8,9)10;/h11-29,31-34,59H,1-10H3;/q-1;. The van der Waals surface area contributed by atoms with Crippen molar-refractivity contribution in [2.75, 3.05) is 0 Å². The Morgan fingerprint density at radius 2 is 1.22 bits per heavy atom. The second kappa shape index (κ2) is 16.1. The predicted molar refractivity (Wildman–Crippen MR) is 247 cm³/mol. The number of rotatable bonds is 6. The van der Waals surface area contributed by atoms with Crippen molar-refractivity contribution in [1.29, 1.82) is 0 Å². The number of phenols is 1. The van der Waals surface area contributed by atoms with Crippen LogP contribution in [-0.4, -0.2) is 19.6 Å². The average Bonchev–Trinajstić information content (AvgIpc) is 3.60. The maximum atomic E-state index is 12.1.